The zero-order chi connectivity index (χ0) is 11.3. The van der Waals surface area contributed by atoms with Gasteiger partial charge < -0.3 is 4.84 Å². The molecule has 0 aromatic heterocycles. The predicted octanol–water partition coefficient (Wildman–Crippen LogP) is 0.164. The predicted molar refractivity (Wildman–Crippen MR) is 56.5 cm³/mol. The molecule has 0 saturated heterocycles. The van der Waals surface area contributed by atoms with Crippen LogP contribution in [-0.2, 0) is 14.9 Å². The summed E-state index contributed by atoms with van der Waals surface area (Å²) in [6.45, 7) is 2.14. The van der Waals surface area contributed by atoms with Gasteiger partial charge in [0.25, 0.3) is 0 Å². The van der Waals surface area contributed by atoms with Crippen LogP contribution < -0.4 is 10.6 Å². The monoisotopic (exact) mass is 230 g/mol. The summed E-state index contributed by atoms with van der Waals surface area (Å²) in [5.41, 5.74) is 0.896. The molecule has 0 aliphatic rings. The van der Waals surface area contributed by atoms with Gasteiger partial charge in [-0.15, -0.1) is 0 Å². The van der Waals surface area contributed by atoms with E-state index < -0.39 is 10.0 Å². The van der Waals surface area contributed by atoms with Crippen molar-refractivity contribution in [1.82, 2.24) is 4.72 Å². The molecule has 1 rings (SSSR count). The molecule has 0 bridgehead atoms. The standard InChI is InChI=1S/C9H14N2O3S/c1-8-3-2-4-9(7-8)15(12,13)11-5-6-14-10/h2-4,7,11H,5-6,10H2,1H3. The van der Waals surface area contributed by atoms with E-state index >= 15 is 0 Å². The minimum atomic E-state index is -3.44. The van der Waals surface area contributed by atoms with Crippen molar-refractivity contribution in [2.24, 2.45) is 5.90 Å². The van der Waals surface area contributed by atoms with Crippen molar-refractivity contribution in [3.8, 4) is 0 Å². The Balaban J connectivity index is 2.77. The van der Waals surface area contributed by atoms with E-state index in [1.165, 1.54) is 0 Å². The number of benzene rings is 1. The number of rotatable bonds is 5. The Morgan fingerprint density at radius 3 is 2.80 bits per heavy atom. The topological polar surface area (TPSA) is 81.4 Å². The summed E-state index contributed by atoms with van der Waals surface area (Å²) < 4.78 is 25.7. The van der Waals surface area contributed by atoms with Crippen LogP contribution in [0.5, 0.6) is 0 Å². The van der Waals surface area contributed by atoms with Gasteiger partial charge in [-0.1, -0.05) is 12.1 Å². The number of aryl methyl sites for hydroxylation is 1. The number of nitrogens with two attached hydrogens (primary N) is 1. The third-order valence-electron chi connectivity index (χ3n) is 1.81. The van der Waals surface area contributed by atoms with E-state index in [1.807, 2.05) is 13.0 Å². The second kappa shape index (κ2) is 5.22. The average molecular weight is 230 g/mol. The molecule has 6 heteroatoms. The highest BCUT2D eigenvalue weighted by Gasteiger charge is 2.12. The Morgan fingerprint density at radius 2 is 2.20 bits per heavy atom. The molecule has 0 radical (unpaired) electrons. The first kappa shape index (κ1) is 12.1. The minimum Gasteiger partial charge on any atom is -0.303 e. The Hall–Kier alpha value is -0.950. The average Bonchev–Trinajstić information content (AvgIpc) is 2.18. The molecule has 0 aliphatic heterocycles. The molecule has 0 unspecified atom stereocenters. The van der Waals surface area contributed by atoms with Crippen LogP contribution in [0.1, 0.15) is 5.56 Å². The van der Waals surface area contributed by atoms with E-state index in [4.69, 9.17) is 5.90 Å². The molecule has 0 amide bonds. The molecule has 1 aromatic rings. The highest BCUT2D eigenvalue weighted by atomic mass is 32.2. The van der Waals surface area contributed by atoms with Crippen LogP contribution in [0, 0.1) is 6.92 Å². The number of sulfonamides is 1. The van der Waals surface area contributed by atoms with Gasteiger partial charge >= 0.3 is 0 Å². The fourth-order valence-corrected chi connectivity index (χ4v) is 2.22. The SMILES string of the molecule is Cc1cccc(S(=O)(=O)NCCON)c1. The second-order valence-electron chi connectivity index (χ2n) is 3.09. The minimum absolute atomic E-state index is 0.144. The van der Waals surface area contributed by atoms with E-state index in [-0.39, 0.29) is 18.0 Å². The molecule has 3 N–H and O–H groups in total. The molecule has 15 heavy (non-hydrogen) atoms. The van der Waals surface area contributed by atoms with Gasteiger partial charge in [-0.2, -0.15) is 0 Å². The van der Waals surface area contributed by atoms with Gasteiger partial charge in [-0.3, -0.25) is 0 Å². The lowest BCUT2D eigenvalue weighted by molar-refractivity contribution is 0.143. The van der Waals surface area contributed by atoms with E-state index in [0.717, 1.165) is 5.56 Å². The first-order valence-corrected chi connectivity index (χ1v) is 5.92. The zero-order valence-corrected chi connectivity index (χ0v) is 9.25. The molecule has 0 atom stereocenters. The lowest BCUT2D eigenvalue weighted by atomic mass is 10.2. The van der Waals surface area contributed by atoms with Gasteiger partial charge in [0, 0.05) is 6.54 Å². The summed E-state index contributed by atoms with van der Waals surface area (Å²) in [6, 6.07) is 6.68. The number of hydrogen-bond acceptors (Lipinski definition) is 4. The van der Waals surface area contributed by atoms with Crippen molar-refractivity contribution in [2.75, 3.05) is 13.2 Å². The van der Waals surface area contributed by atoms with Crippen LogP contribution in [0.25, 0.3) is 0 Å². The Labute approximate surface area is 89.2 Å². The van der Waals surface area contributed by atoms with Crippen molar-refractivity contribution < 1.29 is 13.3 Å². The smallest absolute Gasteiger partial charge is 0.240 e. The summed E-state index contributed by atoms with van der Waals surface area (Å²) in [4.78, 5) is 4.52. The van der Waals surface area contributed by atoms with Crippen molar-refractivity contribution in [3.05, 3.63) is 29.8 Å². The maximum atomic E-state index is 11.7. The van der Waals surface area contributed by atoms with Gasteiger partial charge in [0.2, 0.25) is 10.0 Å². The lowest BCUT2D eigenvalue weighted by Gasteiger charge is -2.06. The van der Waals surface area contributed by atoms with Crippen LogP contribution in [0.2, 0.25) is 0 Å². The summed E-state index contributed by atoms with van der Waals surface area (Å²) in [6.07, 6.45) is 0. The lowest BCUT2D eigenvalue weighted by Crippen LogP contribution is -2.28. The van der Waals surface area contributed by atoms with Gasteiger partial charge in [0.15, 0.2) is 0 Å². The van der Waals surface area contributed by atoms with E-state index in [0.29, 0.717) is 0 Å². The quantitative estimate of drug-likeness (QED) is 0.558. The normalized spacial score (nSPS) is 11.6. The second-order valence-corrected chi connectivity index (χ2v) is 4.85. The van der Waals surface area contributed by atoms with E-state index in [2.05, 4.69) is 9.56 Å². The molecule has 0 fully saturated rings. The molecule has 0 saturated carbocycles. The third-order valence-corrected chi connectivity index (χ3v) is 3.27. The molecule has 0 heterocycles. The summed E-state index contributed by atoms with van der Waals surface area (Å²) in [5.74, 6) is 4.79. The van der Waals surface area contributed by atoms with Gasteiger partial charge in [-0.25, -0.2) is 19.0 Å². The van der Waals surface area contributed by atoms with Crippen molar-refractivity contribution >= 4 is 10.0 Å². The molecule has 0 aliphatic carbocycles. The van der Waals surface area contributed by atoms with Gasteiger partial charge in [0.1, 0.15) is 0 Å². The van der Waals surface area contributed by atoms with Crippen LogP contribution in [-0.4, -0.2) is 21.6 Å². The molecule has 0 spiro atoms. The largest absolute Gasteiger partial charge is 0.303 e. The van der Waals surface area contributed by atoms with Crippen molar-refractivity contribution in [1.29, 1.82) is 0 Å². The Morgan fingerprint density at radius 1 is 1.47 bits per heavy atom. The molecular weight excluding hydrogens is 216 g/mol. The van der Waals surface area contributed by atoms with E-state index in [1.54, 1.807) is 18.2 Å². The number of nitrogens with one attached hydrogen (secondary N) is 1. The van der Waals surface area contributed by atoms with Crippen LogP contribution in [0.3, 0.4) is 0 Å². The molecule has 84 valence electrons. The highest BCUT2D eigenvalue weighted by molar-refractivity contribution is 7.89. The first-order chi connectivity index (χ1) is 7.06. The summed E-state index contributed by atoms with van der Waals surface area (Å²) in [5, 5.41) is 0. The molecule has 1 aromatic carbocycles. The first-order valence-electron chi connectivity index (χ1n) is 4.44. The maximum absolute atomic E-state index is 11.7. The van der Waals surface area contributed by atoms with Gasteiger partial charge in [-0.05, 0) is 24.6 Å². The zero-order valence-electron chi connectivity index (χ0n) is 8.43. The van der Waals surface area contributed by atoms with Crippen molar-refractivity contribution in [2.45, 2.75) is 11.8 Å². The van der Waals surface area contributed by atoms with Crippen LogP contribution in [0.4, 0.5) is 0 Å². The van der Waals surface area contributed by atoms with Crippen LogP contribution >= 0.6 is 0 Å². The van der Waals surface area contributed by atoms with Gasteiger partial charge in [0.05, 0.1) is 11.5 Å². The van der Waals surface area contributed by atoms with Crippen LogP contribution in [0.15, 0.2) is 29.2 Å². The summed E-state index contributed by atoms with van der Waals surface area (Å²) >= 11 is 0. The third kappa shape index (κ3) is 3.60. The Kier molecular flexibility index (Phi) is 4.22. The summed E-state index contributed by atoms with van der Waals surface area (Å²) in [7, 11) is -3.44. The maximum Gasteiger partial charge on any atom is 0.240 e. The highest BCUT2D eigenvalue weighted by Crippen LogP contribution is 2.09. The number of hydrogen-bond donors (Lipinski definition) is 2. The fourth-order valence-electron chi connectivity index (χ4n) is 1.10. The molecular formula is C9H14N2O3S. The Bertz CT molecular complexity index is 417. The van der Waals surface area contributed by atoms with Crippen molar-refractivity contribution in [3.63, 3.8) is 0 Å². The molecule has 5 nitrogen and oxygen atoms in total. The fraction of sp³-hybridized carbons (Fsp3) is 0.333. The van der Waals surface area contributed by atoms with E-state index in [9.17, 15) is 8.42 Å².